The van der Waals surface area contributed by atoms with Gasteiger partial charge in [-0.05, 0) is 17.9 Å². The van der Waals surface area contributed by atoms with Crippen molar-refractivity contribution in [3.05, 3.63) is 35.9 Å². The van der Waals surface area contributed by atoms with Crippen molar-refractivity contribution in [1.29, 1.82) is 0 Å². The summed E-state index contributed by atoms with van der Waals surface area (Å²) in [5.74, 6) is 0.509. The zero-order valence-electron chi connectivity index (χ0n) is 10.0. The Morgan fingerprint density at radius 3 is 2.20 bits per heavy atom. The van der Waals surface area contributed by atoms with E-state index in [2.05, 4.69) is 45.0 Å². The Morgan fingerprint density at radius 2 is 1.80 bits per heavy atom. The summed E-state index contributed by atoms with van der Waals surface area (Å²) in [4.78, 5) is 0. The zero-order chi connectivity index (χ0) is 11.3. The van der Waals surface area contributed by atoms with Gasteiger partial charge < -0.3 is 5.11 Å². The van der Waals surface area contributed by atoms with Gasteiger partial charge in [0, 0.05) is 5.41 Å². The van der Waals surface area contributed by atoms with Crippen molar-refractivity contribution in [1.82, 2.24) is 0 Å². The lowest BCUT2D eigenvalue weighted by atomic mass is 9.69. The maximum absolute atomic E-state index is 9.73. The van der Waals surface area contributed by atoms with Gasteiger partial charge in [-0.1, -0.05) is 57.5 Å². The average molecular weight is 206 g/mol. The molecular weight excluding hydrogens is 184 g/mol. The van der Waals surface area contributed by atoms with Gasteiger partial charge in [0.25, 0.3) is 0 Å². The van der Waals surface area contributed by atoms with Gasteiger partial charge in [-0.25, -0.2) is 0 Å². The molecule has 0 aromatic heterocycles. The van der Waals surface area contributed by atoms with Crippen LogP contribution in [-0.4, -0.2) is 11.7 Å². The van der Waals surface area contributed by atoms with Crippen molar-refractivity contribution in [3.8, 4) is 0 Å². The fraction of sp³-hybridized carbons (Fsp3) is 0.571. The standard InChI is InChI=1S/C14H22O/c1-4-12(3)14(5-2,11-15)13-9-7-6-8-10-13/h6-10,12,15H,4-5,11H2,1-3H3. The Balaban J connectivity index is 3.11. The molecule has 0 aliphatic carbocycles. The molecule has 84 valence electrons. The lowest BCUT2D eigenvalue weighted by Crippen LogP contribution is -2.36. The second kappa shape index (κ2) is 5.32. The molecule has 1 aromatic rings. The highest BCUT2D eigenvalue weighted by molar-refractivity contribution is 5.26. The highest BCUT2D eigenvalue weighted by Gasteiger charge is 2.34. The quantitative estimate of drug-likeness (QED) is 0.783. The van der Waals surface area contributed by atoms with Gasteiger partial charge >= 0.3 is 0 Å². The summed E-state index contributed by atoms with van der Waals surface area (Å²) < 4.78 is 0. The third-order valence-electron chi connectivity index (χ3n) is 3.82. The number of hydrogen-bond donors (Lipinski definition) is 1. The molecule has 15 heavy (non-hydrogen) atoms. The third-order valence-corrected chi connectivity index (χ3v) is 3.82. The number of hydrogen-bond acceptors (Lipinski definition) is 1. The largest absolute Gasteiger partial charge is 0.395 e. The molecule has 0 aliphatic rings. The second-order valence-electron chi connectivity index (χ2n) is 4.34. The molecule has 1 nitrogen and oxygen atoms in total. The summed E-state index contributed by atoms with van der Waals surface area (Å²) in [6, 6.07) is 10.4. The molecular formula is C14H22O. The Kier molecular flexibility index (Phi) is 4.34. The molecule has 1 aromatic carbocycles. The smallest absolute Gasteiger partial charge is 0.0530 e. The van der Waals surface area contributed by atoms with Crippen LogP contribution in [0.1, 0.15) is 39.2 Å². The van der Waals surface area contributed by atoms with Gasteiger partial charge in [0.05, 0.1) is 6.61 Å². The highest BCUT2D eigenvalue weighted by atomic mass is 16.3. The van der Waals surface area contributed by atoms with Crippen molar-refractivity contribution < 1.29 is 5.11 Å². The van der Waals surface area contributed by atoms with Crippen molar-refractivity contribution >= 4 is 0 Å². The fourth-order valence-corrected chi connectivity index (χ4v) is 2.36. The topological polar surface area (TPSA) is 20.2 Å². The van der Waals surface area contributed by atoms with Crippen molar-refractivity contribution in [2.75, 3.05) is 6.61 Å². The van der Waals surface area contributed by atoms with Crippen LogP contribution < -0.4 is 0 Å². The van der Waals surface area contributed by atoms with Crippen LogP contribution in [0.15, 0.2) is 30.3 Å². The Hall–Kier alpha value is -0.820. The summed E-state index contributed by atoms with van der Waals surface area (Å²) in [5.41, 5.74) is 1.21. The molecule has 0 aliphatic heterocycles. The molecule has 2 unspecified atom stereocenters. The highest BCUT2D eigenvalue weighted by Crippen LogP contribution is 2.36. The third kappa shape index (κ3) is 2.23. The molecule has 1 N–H and O–H groups in total. The minimum atomic E-state index is -0.0595. The van der Waals surface area contributed by atoms with E-state index in [0.29, 0.717) is 5.92 Å². The first kappa shape index (κ1) is 12.3. The minimum Gasteiger partial charge on any atom is -0.395 e. The van der Waals surface area contributed by atoms with Gasteiger partial charge in [-0.3, -0.25) is 0 Å². The SMILES string of the molecule is CCC(C)C(CC)(CO)c1ccccc1. The first-order chi connectivity index (χ1) is 7.21. The van der Waals surface area contributed by atoms with E-state index in [1.807, 2.05) is 6.07 Å². The summed E-state index contributed by atoms with van der Waals surface area (Å²) in [6.07, 6.45) is 2.09. The number of rotatable bonds is 5. The van der Waals surface area contributed by atoms with E-state index in [-0.39, 0.29) is 12.0 Å². The van der Waals surface area contributed by atoms with Crippen molar-refractivity contribution in [2.45, 2.75) is 39.0 Å². The Labute approximate surface area is 93.1 Å². The first-order valence-corrected chi connectivity index (χ1v) is 5.87. The van der Waals surface area contributed by atoms with Crippen molar-refractivity contribution in [2.24, 2.45) is 5.92 Å². The number of aliphatic hydroxyl groups excluding tert-OH is 1. The monoisotopic (exact) mass is 206 g/mol. The summed E-state index contributed by atoms with van der Waals surface area (Å²) in [6.45, 7) is 6.82. The summed E-state index contributed by atoms with van der Waals surface area (Å²) in [7, 11) is 0. The molecule has 1 rings (SSSR count). The second-order valence-corrected chi connectivity index (χ2v) is 4.34. The van der Waals surface area contributed by atoms with E-state index in [4.69, 9.17) is 0 Å². The van der Waals surface area contributed by atoms with Crippen LogP contribution in [0, 0.1) is 5.92 Å². The normalized spacial score (nSPS) is 17.1. The molecule has 1 heteroatoms. The van der Waals surface area contributed by atoms with Crippen LogP contribution in [0.3, 0.4) is 0 Å². The molecule has 2 atom stereocenters. The zero-order valence-corrected chi connectivity index (χ0v) is 10.0. The number of benzene rings is 1. The molecule has 0 saturated heterocycles. The van der Waals surface area contributed by atoms with Crippen LogP contribution in [0.2, 0.25) is 0 Å². The Bertz CT molecular complexity index is 275. The van der Waals surface area contributed by atoms with Gasteiger partial charge in [0.1, 0.15) is 0 Å². The Morgan fingerprint density at radius 1 is 1.20 bits per heavy atom. The molecule has 0 radical (unpaired) electrons. The number of aliphatic hydroxyl groups is 1. The minimum absolute atomic E-state index is 0.0595. The molecule has 0 amide bonds. The summed E-state index contributed by atoms with van der Waals surface area (Å²) >= 11 is 0. The maximum Gasteiger partial charge on any atom is 0.0530 e. The first-order valence-electron chi connectivity index (χ1n) is 5.87. The van der Waals surface area contributed by atoms with Crippen LogP contribution in [-0.2, 0) is 5.41 Å². The van der Waals surface area contributed by atoms with Gasteiger partial charge in [-0.15, -0.1) is 0 Å². The maximum atomic E-state index is 9.73. The summed E-state index contributed by atoms with van der Waals surface area (Å²) in [5, 5.41) is 9.73. The van der Waals surface area contributed by atoms with Crippen LogP contribution in [0.25, 0.3) is 0 Å². The van der Waals surface area contributed by atoms with E-state index in [0.717, 1.165) is 12.8 Å². The van der Waals surface area contributed by atoms with Gasteiger partial charge in [0.2, 0.25) is 0 Å². The van der Waals surface area contributed by atoms with E-state index in [1.165, 1.54) is 5.56 Å². The molecule has 0 fully saturated rings. The lowest BCUT2D eigenvalue weighted by molar-refractivity contribution is 0.135. The van der Waals surface area contributed by atoms with Gasteiger partial charge in [0.15, 0.2) is 0 Å². The van der Waals surface area contributed by atoms with E-state index >= 15 is 0 Å². The fourth-order valence-electron chi connectivity index (χ4n) is 2.36. The molecule has 0 heterocycles. The van der Waals surface area contributed by atoms with Crippen molar-refractivity contribution in [3.63, 3.8) is 0 Å². The molecule has 0 spiro atoms. The van der Waals surface area contributed by atoms with Crippen LogP contribution in [0.5, 0.6) is 0 Å². The van der Waals surface area contributed by atoms with E-state index in [9.17, 15) is 5.11 Å². The van der Waals surface area contributed by atoms with Crippen LogP contribution >= 0.6 is 0 Å². The van der Waals surface area contributed by atoms with Crippen LogP contribution in [0.4, 0.5) is 0 Å². The van der Waals surface area contributed by atoms with Gasteiger partial charge in [-0.2, -0.15) is 0 Å². The van der Waals surface area contributed by atoms with E-state index < -0.39 is 0 Å². The van der Waals surface area contributed by atoms with E-state index in [1.54, 1.807) is 0 Å². The predicted molar refractivity (Wildman–Crippen MR) is 65.0 cm³/mol. The predicted octanol–water partition coefficient (Wildman–Crippen LogP) is 3.37. The average Bonchev–Trinajstić information content (AvgIpc) is 2.32. The molecule has 0 bridgehead atoms. The lowest BCUT2D eigenvalue weighted by Gasteiger charge is -2.37. The molecule has 0 saturated carbocycles.